The van der Waals surface area contributed by atoms with Gasteiger partial charge in [0, 0.05) is 24.5 Å². The van der Waals surface area contributed by atoms with Crippen molar-refractivity contribution in [3.63, 3.8) is 0 Å². The zero-order valence-corrected chi connectivity index (χ0v) is 14.2. The Hall–Kier alpha value is -2.12. The smallest absolute Gasteiger partial charge is 0.409 e. The van der Waals surface area contributed by atoms with Crippen molar-refractivity contribution in [3.05, 3.63) is 16.0 Å². The van der Waals surface area contributed by atoms with E-state index in [4.69, 9.17) is 4.74 Å². The molecular formula is C15H25N5O3. The minimum absolute atomic E-state index is 0.145. The number of hydrogen-bond acceptors (Lipinski definition) is 6. The number of amides is 1. The van der Waals surface area contributed by atoms with Gasteiger partial charge in [-0.05, 0) is 19.8 Å². The van der Waals surface area contributed by atoms with E-state index in [2.05, 4.69) is 20.5 Å². The van der Waals surface area contributed by atoms with E-state index >= 15 is 0 Å². The molecule has 0 aromatic carbocycles. The van der Waals surface area contributed by atoms with Gasteiger partial charge >= 0.3 is 6.09 Å². The Labute approximate surface area is 135 Å². The van der Waals surface area contributed by atoms with Crippen LogP contribution in [0.25, 0.3) is 0 Å². The maximum absolute atomic E-state index is 12.1. The number of rotatable bonds is 3. The van der Waals surface area contributed by atoms with Crippen molar-refractivity contribution in [2.24, 2.45) is 0 Å². The lowest BCUT2D eigenvalue weighted by molar-refractivity contribution is 0.0983. The Bertz CT molecular complexity index is 600. The van der Waals surface area contributed by atoms with Crippen LogP contribution in [0.2, 0.25) is 0 Å². The predicted molar refractivity (Wildman–Crippen MR) is 86.6 cm³/mol. The van der Waals surface area contributed by atoms with Crippen molar-refractivity contribution in [2.75, 3.05) is 25.0 Å². The molecule has 8 heteroatoms. The number of hydrogen-bond donors (Lipinski definition) is 2. The number of aromatic nitrogens is 3. The lowest BCUT2D eigenvalue weighted by Gasteiger charge is -2.31. The molecule has 0 bridgehead atoms. The number of aromatic amines is 1. The summed E-state index contributed by atoms with van der Waals surface area (Å²) in [6, 6.07) is 0.145. The number of ether oxygens (including phenoxy) is 1. The van der Waals surface area contributed by atoms with Gasteiger partial charge in [-0.3, -0.25) is 9.78 Å². The molecular weight excluding hydrogens is 298 g/mol. The van der Waals surface area contributed by atoms with Crippen LogP contribution in [0, 0.1) is 0 Å². The number of carbonyl (C=O) groups is 1. The van der Waals surface area contributed by atoms with Gasteiger partial charge in [-0.25, -0.2) is 4.79 Å². The third kappa shape index (κ3) is 4.43. The van der Waals surface area contributed by atoms with Gasteiger partial charge in [0.15, 0.2) is 0 Å². The molecule has 1 amide bonds. The van der Waals surface area contributed by atoms with Crippen LogP contribution in [0.15, 0.2) is 4.79 Å². The van der Waals surface area contributed by atoms with Crippen LogP contribution in [0.1, 0.15) is 46.2 Å². The van der Waals surface area contributed by atoms with Gasteiger partial charge in [-0.1, -0.05) is 20.8 Å². The number of piperidine rings is 1. The number of nitrogens with zero attached hydrogens (tertiary/aromatic N) is 3. The molecule has 0 saturated carbocycles. The first-order chi connectivity index (χ1) is 10.8. The van der Waals surface area contributed by atoms with Crippen LogP contribution in [-0.4, -0.2) is 51.9 Å². The fourth-order valence-electron chi connectivity index (χ4n) is 2.51. The molecule has 1 fully saturated rings. The third-order valence-electron chi connectivity index (χ3n) is 3.77. The highest BCUT2D eigenvalue weighted by atomic mass is 16.6. The average Bonchev–Trinajstić information content (AvgIpc) is 2.47. The van der Waals surface area contributed by atoms with Gasteiger partial charge < -0.3 is 15.0 Å². The topological polar surface area (TPSA) is 100 Å². The first kappa shape index (κ1) is 17.2. The Balaban J connectivity index is 1.93. The van der Waals surface area contributed by atoms with Crippen LogP contribution < -0.4 is 10.9 Å². The average molecular weight is 323 g/mol. The van der Waals surface area contributed by atoms with E-state index in [1.807, 2.05) is 20.8 Å². The zero-order chi connectivity index (χ0) is 17.0. The van der Waals surface area contributed by atoms with Crippen LogP contribution >= 0.6 is 0 Å². The summed E-state index contributed by atoms with van der Waals surface area (Å²) in [7, 11) is 0. The molecule has 23 heavy (non-hydrogen) atoms. The standard InChI is InChI=1S/C15H25N5O3/c1-5-23-14(22)20-8-6-10(7-9-20)16-13-17-12(21)11(18-19-13)15(2,3)4/h10H,5-9H2,1-4H3,(H2,16,17,19,21). The molecule has 0 atom stereocenters. The minimum atomic E-state index is -0.343. The van der Waals surface area contributed by atoms with E-state index < -0.39 is 0 Å². The molecule has 0 aliphatic carbocycles. The van der Waals surface area contributed by atoms with Gasteiger partial charge in [-0.15, -0.1) is 10.2 Å². The lowest BCUT2D eigenvalue weighted by Crippen LogP contribution is -2.43. The first-order valence-electron chi connectivity index (χ1n) is 7.97. The molecule has 1 aromatic heterocycles. The van der Waals surface area contributed by atoms with Crippen molar-refractivity contribution in [2.45, 2.75) is 52.0 Å². The molecule has 1 aliphatic rings. The second kappa shape index (κ2) is 6.97. The maximum atomic E-state index is 12.1. The van der Waals surface area contributed by atoms with E-state index in [0.717, 1.165) is 12.8 Å². The van der Waals surface area contributed by atoms with Crippen LogP contribution in [0.4, 0.5) is 10.7 Å². The molecule has 1 saturated heterocycles. The molecule has 1 aliphatic heterocycles. The van der Waals surface area contributed by atoms with Crippen LogP contribution in [-0.2, 0) is 10.2 Å². The molecule has 128 valence electrons. The van der Waals surface area contributed by atoms with Crippen LogP contribution in [0.3, 0.4) is 0 Å². The number of H-pyrrole nitrogens is 1. The highest BCUT2D eigenvalue weighted by Gasteiger charge is 2.25. The number of likely N-dealkylation sites (tertiary alicyclic amines) is 1. The summed E-state index contributed by atoms with van der Waals surface area (Å²) in [5.41, 5.74) is -0.150. The van der Waals surface area contributed by atoms with E-state index in [9.17, 15) is 9.59 Å². The summed E-state index contributed by atoms with van der Waals surface area (Å²) in [6.45, 7) is 9.18. The molecule has 0 spiro atoms. The Kier molecular flexibility index (Phi) is 5.23. The summed E-state index contributed by atoms with van der Waals surface area (Å²) >= 11 is 0. The van der Waals surface area contributed by atoms with Gasteiger partial charge in [0.1, 0.15) is 5.69 Å². The van der Waals surface area contributed by atoms with Crippen molar-refractivity contribution in [1.82, 2.24) is 20.1 Å². The zero-order valence-electron chi connectivity index (χ0n) is 14.2. The summed E-state index contributed by atoms with van der Waals surface area (Å²) in [5, 5.41) is 11.3. The predicted octanol–water partition coefficient (Wildman–Crippen LogP) is 1.50. The SMILES string of the molecule is CCOC(=O)N1CCC(Nc2nnc(C(C)(C)C)c(=O)[nH]2)CC1. The lowest BCUT2D eigenvalue weighted by atomic mass is 9.93. The fraction of sp³-hybridized carbons (Fsp3) is 0.733. The molecule has 8 nitrogen and oxygen atoms in total. The van der Waals surface area contributed by atoms with Gasteiger partial charge in [0.05, 0.1) is 6.61 Å². The quantitative estimate of drug-likeness (QED) is 0.874. The van der Waals surface area contributed by atoms with Crippen LogP contribution in [0.5, 0.6) is 0 Å². The van der Waals surface area contributed by atoms with E-state index in [1.54, 1.807) is 11.8 Å². The normalized spacial score (nSPS) is 16.3. The van der Waals surface area contributed by atoms with Gasteiger partial charge in [0.25, 0.3) is 5.56 Å². The largest absolute Gasteiger partial charge is 0.450 e. The second-order valence-corrected chi connectivity index (χ2v) is 6.71. The summed E-state index contributed by atoms with van der Waals surface area (Å²) in [4.78, 5) is 28.2. The Morgan fingerprint density at radius 3 is 2.52 bits per heavy atom. The maximum Gasteiger partial charge on any atom is 0.409 e. The summed E-state index contributed by atoms with van der Waals surface area (Å²) in [5.74, 6) is 0.373. The Morgan fingerprint density at radius 2 is 2.00 bits per heavy atom. The summed E-state index contributed by atoms with van der Waals surface area (Å²) < 4.78 is 4.99. The molecule has 1 aromatic rings. The number of nitrogens with one attached hydrogen (secondary N) is 2. The third-order valence-corrected chi connectivity index (χ3v) is 3.77. The van der Waals surface area contributed by atoms with Crippen molar-refractivity contribution < 1.29 is 9.53 Å². The monoisotopic (exact) mass is 323 g/mol. The minimum Gasteiger partial charge on any atom is -0.450 e. The van der Waals surface area contributed by atoms with E-state index in [1.165, 1.54) is 0 Å². The van der Waals surface area contributed by atoms with Crippen molar-refractivity contribution >= 4 is 12.0 Å². The molecule has 2 rings (SSSR count). The van der Waals surface area contributed by atoms with Crippen molar-refractivity contribution in [3.8, 4) is 0 Å². The first-order valence-corrected chi connectivity index (χ1v) is 7.97. The summed E-state index contributed by atoms with van der Waals surface area (Å²) in [6.07, 6.45) is 1.27. The molecule has 2 N–H and O–H groups in total. The molecule has 0 unspecified atom stereocenters. The second-order valence-electron chi connectivity index (χ2n) is 6.71. The highest BCUT2D eigenvalue weighted by Crippen LogP contribution is 2.17. The van der Waals surface area contributed by atoms with Gasteiger partial charge in [0.2, 0.25) is 5.95 Å². The van der Waals surface area contributed by atoms with Crippen molar-refractivity contribution in [1.29, 1.82) is 0 Å². The number of carbonyl (C=O) groups excluding carboxylic acids is 1. The molecule has 0 radical (unpaired) electrons. The molecule has 2 heterocycles. The number of anilines is 1. The highest BCUT2D eigenvalue weighted by molar-refractivity contribution is 5.67. The van der Waals surface area contributed by atoms with Gasteiger partial charge in [-0.2, -0.15) is 0 Å². The van der Waals surface area contributed by atoms with E-state index in [0.29, 0.717) is 31.3 Å². The fourth-order valence-corrected chi connectivity index (χ4v) is 2.51. The van der Waals surface area contributed by atoms with E-state index in [-0.39, 0.29) is 23.1 Å². The Morgan fingerprint density at radius 1 is 1.35 bits per heavy atom.